The van der Waals surface area contributed by atoms with E-state index in [-0.39, 0.29) is 10.5 Å². The predicted molar refractivity (Wildman–Crippen MR) is 69.1 cm³/mol. The van der Waals surface area contributed by atoms with Gasteiger partial charge in [-0.3, -0.25) is 4.79 Å². The average Bonchev–Trinajstić information content (AvgIpc) is 2.39. The molecule has 4 heteroatoms. The predicted octanol–water partition coefficient (Wildman–Crippen LogP) is 2.61. The third-order valence-electron chi connectivity index (χ3n) is 2.66. The zero-order chi connectivity index (χ0) is 13.2. The average molecular weight is 260 g/mol. The molecule has 2 aromatic carbocycles. The van der Waals surface area contributed by atoms with Crippen LogP contribution in [0.1, 0.15) is 15.9 Å². The van der Waals surface area contributed by atoms with Gasteiger partial charge >= 0.3 is 0 Å². The first-order valence-electron chi connectivity index (χ1n) is 5.43. The van der Waals surface area contributed by atoms with Crippen LogP contribution in [-0.2, 0) is 9.84 Å². The van der Waals surface area contributed by atoms with Crippen molar-refractivity contribution in [3.8, 4) is 0 Å². The highest BCUT2D eigenvalue weighted by Crippen LogP contribution is 2.18. The fraction of sp³-hybridized carbons (Fsp3) is 0.0714. The lowest BCUT2D eigenvalue weighted by Gasteiger charge is -2.05. The fourth-order valence-electron chi connectivity index (χ4n) is 1.65. The number of sulfone groups is 1. The van der Waals surface area contributed by atoms with Crippen LogP contribution in [-0.4, -0.2) is 13.5 Å². The summed E-state index contributed by atoms with van der Waals surface area (Å²) in [6, 6.07) is 14.4. The summed E-state index contributed by atoms with van der Waals surface area (Å²) < 4.78 is 24.3. The van der Waals surface area contributed by atoms with Crippen LogP contribution in [0, 0.1) is 6.92 Å². The molecule has 0 bridgehead atoms. The molecule has 0 heterocycles. The standard InChI is InChI=1S/C14H12O3S/c1-11-7-5-6-10-13(11)14(15)18(16,17)12-8-3-2-4-9-12/h2-10H,1H3. The maximum atomic E-state index is 12.1. The molecule has 18 heavy (non-hydrogen) atoms. The Morgan fingerprint density at radius 2 is 1.44 bits per heavy atom. The quantitative estimate of drug-likeness (QED) is 0.834. The van der Waals surface area contributed by atoms with Gasteiger partial charge in [0.1, 0.15) is 0 Å². The summed E-state index contributed by atoms with van der Waals surface area (Å²) in [4.78, 5) is 12.1. The molecule has 0 aliphatic rings. The third kappa shape index (κ3) is 2.19. The van der Waals surface area contributed by atoms with Crippen molar-refractivity contribution in [3.05, 3.63) is 65.7 Å². The van der Waals surface area contributed by atoms with E-state index in [1.54, 1.807) is 43.3 Å². The van der Waals surface area contributed by atoms with Crippen molar-refractivity contribution in [1.82, 2.24) is 0 Å². The van der Waals surface area contributed by atoms with Gasteiger partial charge in [-0.15, -0.1) is 0 Å². The zero-order valence-corrected chi connectivity index (χ0v) is 10.6. The van der Waals surface area contributed by atoms with Crippen molar-refractivity contribution < 1.29 is 13.2 Å². The number of carbonyl (C=O) groups is 1. The molecule has 0 fully saturated rings. The molecule has 2 rings (SSSR count). The fourth-order valence-corrected chi connectivity index (χ4v) is 2.90. The zero-order valence-electron chi connectivity index (χ0n) is 9.83. The summed E-state index contributed by atoms with van der Waals surface area (Å²) in [7, 11) is -3.95. The van der Waals surface area contributed by atoms with E-state index in [9.17, 15) is 13.2 Å². The first-order valence-corrected chi connectivity index (χ1v) is 6.92. The molecular weight excluding hydrogens is 248 g/mol. The van der Waals surface area contributed by atoms with Crippen molar-refractivity contribution in [2.24, 2.45) is 0 Å². The molecule has 3 nitrogen and oxygen atoms in total. The Morgan fingerprint density at radius 1 is 0.889 bits per heavy atom. The molecule has 2 aromatic rings. The Kier molecular flexibility index (Phi) is 3.30. The molecule has 0 unspecified atom stereocenters. The summed E-state index contributed by atoms with van der Waals surface area (Å²) in [5.41, 5.74) is 0.878. The van der Waals surface area contributed by atoms with Crippen LogP contribution in [0.2, 0.25) is 0 Å². The lowest BCUT2D eigenvalue weighted by atomic mass is 10.1. The molecule has 92 valence electrons. The number of benzene rings is 2. The minimum atomic E-state index is -3.95. The SMILES string of the molecule is Cc1ccccc1C(=O)S(=O)(=O)c1ccccc1. The van der Waals surface area contributed by atoms with Gasteiger partial charge in [-0.1, -0.05) is 42.5 Å². The van der Waals surface area contributed by atoms with Gasteiger partial charge in [0.05, 0.1) is 4.90 Å². The molecule has 0 atom stereocenters. The van der Waals surface area contributed by atoms with Crippen LogP contribution >= 0.6 is 0 Å². The van der Waals surface area contributed by atoms with Gasteiger partial charge in [-0.2, -0.15) is 0 Å². The molecular formula is C14H12O3S. The van der Waals surface area contributed by atoms with E-state index in [1.807, 2.05) is 0 Å². The molecule has 0 radical (unpaired) electrons. The van der Waals surface area contributed by atoms with Crippen LogP contribution in [0.5, 0.6) is 0 Å². The molecule has 0 saturated heterocycles. The van der Waals surface area contributed by atoms with E-state index < -0.39 is 15.0 Å². The highest BCUT2D eigenvalue weighted by Gasteiger charge is 2.26. The van der Waals surface area contributed by atoms with Crippen molar-refractivity contribution in [2.75, 3.05) is 0 Å². The first kappa shape index (κ1) is 12.5. The Bertz CT molecular complexity index is 673. The second-order valence-electron chi connectivity index (χ2n) is 3.92. The van der Waals surface area contributed by atoms with Crippen molar-refractivity contribution in [1.29, 1.82) is 0 Å². The topological polar surface area (TPSA) is 51.2 Å². The summed E-state index contributed by atoms with van der Waals surface area (Å²) >= 11 is 0. The lowest BCUT2D eigenvalue weighted by Crippen LogP contribution is -2.16. The number of hydrogen-bond acceptors (Lipinski definition) is 3. The Morgan fingerprint density at radius 3 is 2.06 bits per heavy atom. The maximum absolute atomic E-state index is 12.1. The highest BCUT2D eigenvalue weighted by atomic mass is 32.2. The Hall–Kier alpha value is -1.94. The largest absolute Gasteiger partial charge is 0.281 e. The summed E-state index contributed by atoms with van der Waals surface area (Å²) in [6.45, 7) is 1.72. The van der Waals surface area contributed by atoms with Crippen molar-refractivity contribution in [3.63, 3.8) is 0 Å². The van der Waals surface area contributed by atoms with E-state index >= 15 is 0 Å². The second kappa shape index (κ2) is 4.74. The second-order valence-corrected chi connectivity index (χ2v) is 5.77. The van der Waals surface area contributed by atoms with E-state index in [4.69, 9.17) is 0 Å². The smallest absolute Gasteiger partial charge is 0.276 e. The summed E-state index contributed by atoms with van der Waals surface area (Å²) in [5.74, 6) is 0. The Labute approximate surface area is 106 Å². The normalized spacial score (nSPS) is 11.2. The monoisotopic (exact) mass is 260 g/mol. The van der Waals surface area contributed by atoms with Gasteiger partial charge in [-0.05, 0) is 24.6 Å². The van der Waals surface area contributed by atoms with Gasteiger partial charge in [0.2, 0.25) is 9.84 Å². The van der Waals surface area contributed by atoms with E-state index in [0.717, 1.165) is 0 Å². The van der Waals surface area contributed by atoms with Crippen molar-refractivity contribution in [2.45, 2.75) is 11.8 Å². The third-order valence-corrected chi connectivity index (χ3v) is 4.26. The molecule has 0 aliphatic carbocycles. The van der Waals surface area contributed by atoms with Crippen LogP contribution in [0.15, 0.2) is 59.5 Å². The van der Waals surface area contributed by atoms with Crippen molar-refractivity contribution >= 4 is 15.0 Å². The van der Waals surface area contributed by atoms with Gasteiger partial charge in [-0.25, -0.2) is 8.42 Å². The van der Waals surface area contributed by atoms with Crippen LogP contribution in [0.3, 0.4) is 0 Å². The number of hydrogen-bond donors (Lipinski definition) is 0. The molecule has 0 N–H and O–H groups in total. The van der Waals surface area contributed by atoms with Gasteiger partial charge in [0, 0.05) is 5.56 Å². The minimum absolute atomic E-state index is 0.0262. The highest BCUT2D eigenvalue weighted by molar-refractivity contribution is 8.06. The molecule has 0 aromatic heterocycles. The van der Waals surface area contributed by atoms with E-state index in [2.05, 4.69) is 0 Å². The van der Waals surface area contributed by atoms with E-state index in [0.29, 0.717) is 5.56 Å². The Balaban J connectivity index is 2.51. The molecule has 0 saturated carbocycles. The van der Waals surface area contributed by atoms with Crippen LogP contribution in [0.4, 0.5) is 0 Å². The number of rotatable bonds is 2. The number of aryl methyl sites for hydroxylation is 1. The van der Waals surface area contributed by atoms with E-state index in [1.165, 1.54) is 18.2 Å². The number of carbonyl (C=O) groups excluding carboxylic acids is 1. The maximum Gasteiger partial charge on any atom is 0.281 e. The molecule has 0 spiro atoms. The van der Waals surface area contributed by atoms with Gasteiger partial charge < -0.3 is 0 Å². The van der Waals surface area contributed by atoms with Gasteiger partial charge in [0.25, 0.3) is 5.12 Å². The van der Waals surface area contributed by atoms with Gasteiger partial charge in [0.15, 0.2) is 0 Å². The lowest BCUT2D eigenvalue weighted by molar-refractivity contribution is 0.107. The summed E-state index contributed by atoms with van der Waals surface area (Å²) in [6.07, 6.45) is 0. The minimum Gasteiger partial charge on any atom is -0.276 e. The van der Waals surface area contributed by atoms with Crippen LogP contribution in [0.25, 0.3) is 0 Å². The molecule has 0 aliphatic heterocycles. The first-order chi connectivity index (χ1) is 8.53. The summed E-state index contributed by atoms with van der Waals surface area (Å²) in [5, 5.41) is -0.855. The van der Waals surface area contributed by atoms with Crippen LogP contribution < -0.4 is 0 Å². The molecule has 0 amide bonds.